The number of hydrogen-bond acceptors (Lipinski definition) is 3. The van der Waals surface area contributed by atoms with E-state index >= 15 is 0 Å². The fourth-order valence-electron chi connectivity index (χ4n) is 2.45. The first-order valence-electron chi connectivity index (χ1n) is 6.48. The highest BCUT2D eigenvalue weighted by Crippen LogP contribution is 2.29. The Morgan fingerprint density at radius 2 is 2.18 bits per heavy atom. The monoisotopic (exact) mass is 252 g/mol. The molecule has 1 saturated heterocycles. The molecule has 1 aliphatic heterocycles. The summed E-state index contributed by atoms with van der Waals surface area (Å²) in [6, 6.07) is 4.40. The zero-order chi connectivity index (χ0) is 12.5. The second-order valence-electron chi connectivity index (χ2n) is 6.02. The van der Waals surface area contributed by atoms with Crippen molar-refractivity contribution in [1.82, 2.24) is 10.2 Å². The minimum atomic E-state index is 0.228. The molecule has 2 nitrogen and oxygen atoms in total. The molecule has 1 fully saturated rings. The molecule has 17 heavy (non-hydrogen) atoms. The Labute approximate surface area is 109 Å². The van der Waals surface area contributed by atoms with E-state index in [2.05, 4.69) is 55.4 Å². The molecular weight excluding hydrogens is 228 g/mol. The van der Waals surface area contributed by atoms with Crippen LogP contribution < -0.4 is 5.32 Å². The second-order valence-corrected chi connectivity index (χ2v) is 7.06. The minimum Gasteiger partial charge on any atom is -0.309 e. The highest BCUT2D eigenvalue weighted by molar-refractivity contribution is 7.09. The van der Waals surface area contributed by atoms with Gasteiger partial charge in [0.25, 0.3) is 0 Å². The van der Waals surface area contributed by atoms with Gasteiger partial charge in [0.2, 0.25) is 0 Å². The van der Waals surface area contributed by atoms with Gasteiger partial charge < -0.3 is 5.32 Å². The molecule has 2 heterocycles. The summed E-state index contributed by atoms with van der Waals surface area (Å²) in [7, 11) is 0. The molecule has 1 aromatic heterocycles. The number of thiophene rings is 1. The highest BCUT2D eigenvalue weighted by Gasteiger charge is 2.39. The third-order valence-corrected chi connectivity index (χ3v) is 4.85. The summed E-state index contributed by atoms with van der Waals surface area (Å²) in [4.78, 5) is 4.12. The van der Waals surface area contributed by atoms with Crippen LogP contribution in [0.25, 0.3) is 0 Å². The molecule has 0 amide bonds. The molecule has 0 aromatic carbocycles. The first-order valence-corrected chi connectivity index (χ1v) is 7.36. The van der Waals surface area contributed by atoms with Crippen molar-refractivity contribution in [3.05, 3.63) is 22.4 Å². The van der Waals surface area contributed by atoms with Gasteiger partial charge in [-0.1, -0.05) is 13.0 Å². The standard InChI is InChI=1S/C14H24N2S/c1-5-14(4)10-15-13(2,3)11-16(14)9-12-7-6-8-17-12/h6-8,15H,5,9-11H2,1-4H3. The minimum absolute atomic E-state index is 0.228. The van der Waals surface area contributed by atoms with Crippen molar-refractivity contribution in [2.24, 2.45) is 0 Å². The van der Waals surface area contributed by atoms with Gasteiger partial charge in [0, 0.05) is 35.6 Å². The molecule has 1 atom stereocenters. The Morgan fingerprint density at radius 1 is 1.41 bits per heavy atom. The van der Waals surface area contributed by atoms with Gasteiger partial charge >= 0.3 is 0 Å². The van der Waals surface area contributed by atoms with Crippen LogP contribution in [0.2, 0.25) is 0 Å². The molecule has 0 aliphatic carbocycles. The smallest absolute Gasteiger partial charge is 0.0334 e. The van der Waals surface area contributed by atoms with Crippen LogP contribution in [0, 0.1) is 0 Å². The van der Waals surface area contributed by atoms with Crippen LogP contribution in [0.3, 0.4) is 0 Å². The average molecular weight is 252 g/mol. The third-order valence-electron chi connectivity index (χ3n) is 3.99. The maximum Gasteiger partial charge on any atom is 0.0334 e. The zero-order valence-electron chi connectivity index (χ0n) is 11.4. The van der Waals surface area contributed by atoms with Gasteiger partial charge in [-0.25, -0.2) is 0 Å². The first kappa shape index (κ1) is 13.1. The molecule has 0 radical (unpaired) electrons. The van der Waals surface area contributed by atoms with Crippen molar-refractivity contribution >= 4 is 11.3 Å². The molecule has 0 spiro atoms. The van der Waals surface area contributed by atoms with Crippen molar-refractivity contribution in [3.63, 3.8) is 0 Å². The van der Waals surface area contributed by atoms with Crippen LogP contribution in [0.4, 0.5) is 0 Å². The molecule has 0 bridgehead atoms. The third kappa shape index (κ3) is 2.90. The Morgan fingerprint density at radius 3 is 2.76 bits per heavy atom. The van der Waals surface area contributed by atoms with E-state index < -0.39 is 0 Å². The van der Waals surface area contributed by atoms with Gasteiger partial charge in [0.05, 0.1) is 0 Å². The summed E-state index contributed by atoms with van der Waals surface area (Å²) in [5, 5.41) is 5.84. The first-order chi connectivity index (χ1) is 7.95. The van der Waals surface area contributed by atoms with E-state index in [0.29, 0.717) is 5.54 Å². The summed E-state index contributed by atoms with van der Waals surface area (Å²) >= 11 is 1.87. The molecule has 1 N–H and O–H groups in total. The predicted molar refractivity (Wildman–Crippen MR) is 75.5 cm³/mol. The van der Waals surface area contributed by atoms with E-state index in [1.165, 1.54) is 11.3 Å². The van der Waals surface area contributed by atoms with Gasteiger partial charge in [0.1, 0.15) is 0 Å². The van der Waals surface area contributed by atoms with Crippen molar-refractivity contribution in [1.29, 1.82) is 0 Å². The summed E-state index contributed by atoms with van der Waals surface area (Å²) in [5.41, 5.74) is 0.519. The topological polar surface area (TPSA) is 15.3 Å². The molecule has 1 aliphatic rings. The van der Waals surface area contributed by atoms with Crippen LogP contribution in [-0.2, 0) is 6.54 Å². The lowest BCUT2D eigenvalue weighted by Gasteiger charge is -2.51. The number of nitrogens with one attached hydrogen (secondary N) is 1. The Bertz CT molecular complexity index is 358. The average Bonchev–Trinajstić information content (AvgIpc) is 2.76. The Balaban J connectivity index is 2.14. The Hall–Kier alpha value is -0.380. The second kappa shape index (κ2) is 4.71. The predicted octanol–water partition coefficient (Wildman–Crippen LogP) is 3.10. The van der Waals surface area contributed by atoms with Crippen LogP contribution in [0.15, 0.2) is 17.5 Å². The Kier molecular flexibility index (Phi) is 3.62. The van der Waals surface area contributed by atoms with Crippen LogP contribution in [-0.4, -0.2) is 29.1 Å². The molecular formula is C14H24N2S. The summed E-state index contributed by atoms with van der Waals surface area (Å²) < 4.78 is 0. The number of piperazine rings is 1. The van der Waals surface area contributed by atoms with Crippen LogP contribution >= 0.6 is 11.3 Å². The highest BCUT2D eigenvalue weighted by atomic mass is 32.1. The maximum absolute atomic E-state index is 3.67. The zero-order valence-corrected chi connectivity index (χ0v) is 12.2. The quantitative estimate of drug-likeness (QED) is 0.889. The number of nitrogens with zero attached hydrogens (tertiary/aromatic N) is 1. The van der Waals surface area contributed by atoms with Gasteiger partial charge in [-0.15, -0.1) is 11.3 Å². The largest absolute Gasteiger partial charge is 0.309 e. The number of rotatable bonds is 3. The molecule has 96 valence electrons. The van der Waals surface area contributed by atoms with E-state index in [-0.39, 0.29) is 5.54 Å². The molecule has 3 heteroatoms. The van der Waals surface area contributed by atoms with E-state index in [1.807, 2.05) is 11.3 Å². The van der Waals surface area contributed by atoms with Gasteiger partial charge in [-0.3, -0.25) is 4.90 Å². The summed E-state index contributed by atoms with van der Waals surface area (Å²) in [5.74, 6) is 0. The molecule has 2 rings (SSSR count). The summed E-state index contributed by atoms with van der Waals surface area (Å²) in [6.45, 7) is 12.6. The SMILES string of the molecule is CCC1(C)CNC(C)(C)CN1Cc1cccs1. The lowest BCUT2D eigenvalue weighted by Crippen LogP contribution is -2.66. The molecule has 1 unspecified atom stereocenters. The van der Waals surface area contributed by atoms with Gasteiger partial charge in [-0.05, 0) is 38.6 Å². The fraction of sp³-hybridized carbons (Fsp3) is 0.714. The van der Waals surface area contributed by atoms with Crippen molar-refractivity contribution in [2.45, 2.75) is 51.7 Å². The fourth-order valence-corrected chi connectivity index (χ4v) is 3.17. The lowest BCUT2D eigenvalue weighted by molar-refractivity contribution is 0.0183. The van der Waals surface area contributed by atoms with E-state index in [1.54, 1.807) is 0 Å². The van der Waals surface area contributed by atoms with E-state index in [0.717, 1.165) is 19.6 Å². The van der Waals surface area contributed by atoms with Gasteiger partial charge in [-0.2, -0.15) is 0 Å². The molecule has 0 saturated carbocycles. The van der Waals surface area contributed by atoms with Crippen LogP contribution in [0.1, 0.15) is 39.0 Å². The van der Waals surface area contributed by atoms with E-state index in [4.69, 9.17) is 0 Å². The van der Waals surface area contributed by atoms with Crippen LogP contribution in [0.5, 0.6) is 0 Å². The summed E-state index contributed by atoms with van der Waals surface area (Å²) in [6.07, 6.45) is 1.20. The normalized spacial score (nSPS) is 29.4. The molecule has 1 aromatic rings. The lowest BCUT2D eigenvalue weighted by atomic mass is 9.88. The van der Waals surface area contributed by atoms with E-state index in [9.17, 15) is 0 Å². The maximum atomic E-state index is 3.67. The number of hydrogen-bond donors (Lipinski definition) is 1. The van der Waals surface area contributed by atoms with Gasteiger partial charge in [0.15, 0.2) is 0 Å². The van der Waals surface area contributed by atoms with Crippen molar-refractivity contribution in [2.75, 3.05) is 13.1 Å². The van der Waals surface area contributed by atoms with Crippen molar-refractivity contribution in [3.8, 4) is 0 Å². The van der Waals surface area contributed by atoms with Crippen molar-refractivity contribution < 1.29 is 0 Å².